The summed E-state index contributed by atoms with van der Waals surface area (Å²) in [7, 11) is 1.75. The summed E-state index contributed by atoms with van der Waals surface area (Å²) in [6.45, 7) is 3.68. The van der Waals surface area contributed by atoms with E-state index in [0.717, 1.165) is 43.8 Å². The van der Waals surface area contributed by atoms with Crippen LogP contribution < -0.4 is 11.1 Å². The molecular formula is C16H25N3O2. The monoisotopic (exact) mass is 291 g/mol. The van der Waals surface area contributed by atoms with E-state index < -0.39 is 0 Å². The third kappa shape index (κ3) is 5.12. The molecule has 1 heterocycles. The van der Waals surface area contributed by atoms with Gasteiger partial charge in [0.15, 0.2) is 0 Å². The third-order valence-electron chi connectivity index (χ3n) is 3.92. The summed E-state index contributed by atoms with van der Waals surface area (Å²) in [6.07, 6.45) is 2.20. The highest BCUT2D eigenvalue weighted by atomic mass is 16.5. The van der Waals surface area contributed by atoms with E-state index in [1.165, 1.54) is 0 Å². The smallest absolute Gasteiger partial charge is 0.238 e. The molecule has 0 radical (unpaired) electrons. The van der Waals surface area contributed by atoms with Crippen molar-refractivity contribution in [3.8, 4) is 0 Å². The first-order chi connectivity index (χ1) is 10.2. The predicted molar refractivity (Wildman–Crippen MR) is 84.0 cm³/mol. The van der Waals surface area contributed by atoms with Crippen LogP contribution in [-0.2, 0) is 16.1 Å². The fraction of sp³-hybridized carbons (Fsp3) is 0.562. The molecule has 1 saturated heterocycles. The third-order valence-corrected chi connectivity index (χ3v) is 3.92. The molecule has 1 fully saturated rings. The summed E-state index contributed by atoms with van der Waals surface area (Å²) < 4.78 is 5.19. The molecule has 1 aromatic rings. The van der Waals surface area contributed by atoms with E-state index in [-0.39, 0.29) is 5.91 Å². The quantitative estimate of drug-likeness (QED) is 0.832. The van der Waals surface area contributed by atoms with E-state index in [1.807, 2.05) is 24.3 Å². The molecule has 0 aromatic heterocycles. The Morgan fingerprint density at radius 1 is 1.43 bits per heavy atom. The van der Waals surface area contributed by atoms with Crippen LogP contribution in [0.15, 0.2) is 24.3 Å². The molecule has 1 amide bonds. The molecule has 1 aliphatic rings. The van der Waals surface area contributed by atoms with Crippen molar-refractivity contribution >= 4 is 11.6 Å². The average Bonchev–Trinajstić information content (AvgIpc) is 2.49. The normalized spacial score (nSPS) is 16.9. The highest BCUT2D eigenvalue weighted by Crippen LogP contribution is 2.17. The number of benzene rings is 1. The van der Waals surface area contributed by atoms with Crippen LogP contribution in [-0.4, -0.2) is 44.2 Å². The molecule has 0 spiro atoms. The van der Waals surface area contributed by atoms with Gasteiger partial charge < -0.3 is 15.8 Å². The van der Waals surface area contributed by atoms with Gasteiger partial charge in [0.25, 0.3) is 0 Å². The minimum atomic E-state index is 0.0364. The summed E-state index contributed by atoms with van der Waals surface area (Å²) in [5.74, 6) is 0.671. The van der Waals surface area contributed by atoms with Gasteiger partial charge in [0, 0.05) is 25.9 Å². The molecule has 5 nitrogen and oxygen atoms in total. The van der Waals surface area contributed by atoms with Gasteiger partial charge in [-0.25, -0.2) is 0 Å². The molecule has 3 N–H and O–H groups in total. The summed E-state index contributed by atoms with van der Waals surface area (Å²) in [6, 6.07) is 7.68. The number of methoxy groups -OCH3 is 1. The van der Waals surface area contributed by atoms with E-state index in [1.54, 1.807) is 7.11 Å². The molecule has 1 aliphatic heterocycles. The lowest BCUT2D eigenvalue weighted by Gasteiger charge is -2.31. The minimum Gasteiger partial charge on any atom is -0.384 e. The number of nitrogens with one attached hydrogen (secondary N) is 1. The number of piperidine rings is 1. The van der Waals surface area contributed by atoms with Gasteiger partial charge >= 0.3 is 0 Å². The topological polar surface area (TPSA) is 67.6 Å². The maximum Gasteiger partial charge on any atom is 0.238 e. The highest BCUT2D eigenvalue weighted by Gasteiger charge is 2.20. The number of nitrogens with zero attached hydrogens (tertiary/aromatic N) is 1. The second kappa shape index (κ2) is 8.12. The first kappa shape index (κ1) is 15.9. The van der Waals surface area contributed by atoms with Gasteiger partial charge in [-0.1, -0.05) is 12.1 Å². The number of carbonyl (C=O) groups is 1. The molecule has 1 aromatic carbocycles. The van der Waals surface area contributed by atoms with Crippen LogP contribution in [0.4, 0.5) is 5.69 Å². The molecule has 0 aliphatic carbocycles. The van der Waals surface area contributed by atoms with Crippen molar-refractivity contribution in [3.05, 3.63) is 29.8 Å². The van der Waals surface area contributed by atoms with Crippen LogP contribution >= 0.6 is 0 Å². The van der Waals surface area contributed by atoms with Gasteiger partial charge in [-0.2, -0.15) is 0 Å². The van der Waals surface area contributed by atoms with Crippen LogP contribution in [0.3, 0.4) is 0 Å². The largest absolute Gasteiger partial charge is 0.384 e. The highest BCUT2D eigenvalue weighted by molar-refractivity contribution is 5.92. The zero-order valence-corrected chi connectivity index (χ0v) is 12.7. The molecule has 0 atom stereocenters. The van der Waals surface area contributed by atoms with Gasteiger partial charge in [0.05, 0.1) is 6.54 Å². The lowest BCUT2D eigenvalue weighted by Crippen LogP contribution is -2.40. The van der Waals surface area contributed by atoms with Gasteiger partial charge in [-0.15, -0.1) is 0 Å². The fourth-order valence-electron chi connectivity index (χ4n) is 2.73. The van der Waals surface area contributed by atoms with Crippen molar-refractivity contribution in [1.29, 1.82) is 0 Å². The number of hydrogen-bond acceptors (Lipinski definition) is 4. The van der Waals surface area contributed by atoms with Crippen molar-refractivity contribution in [2.75, 3.05) is 38.7 Å². The first-order valence-electron chi connectivity index (χ1n) is 7.51. The van der Waals surface area contributed by atoms with E-state index in [4.69, 9.17) is 10.5 Å². The molecule has 0 bridgehead atoms. The summed E-state index contributed by atoms with van der Waals surface area (Å²) >= 11 is 0. The zero-order chi connectivity index (χ0) is 15.1. The number of amides is 1. The Hall–Kier alpha value is -1.43. The molecule has 21 heavy (non-hydrogen) atoms. The Balaban J connectivity index is 1.77. The zero-order valence-electron chi connectivity index (χ0n) is 12.7. The number of hydrogen-bond donors (Lipinski definition) is 2. The summed E-state index contributed by atoms with van der Waals surface area (Å²) in [5, 5.41) is 2.94. The lowest BCUT2D eigenvalue weighted by molar-refractivity contribution is -0.117. The van der Waals surface area contributed by atoms with Crippen molar-refractivity contribution < 1.29 is 9.53 Å². The second-order valence-corrected chi connectivity index (χ2v) is 5.63. The molecular weight excluding hydrogens is 266 g/mol. The Morgan fingerprint density at radius 3 is 2.86 bits per heavy atom. The van der Waals surface area contributed by atoms with Crippen molar-refractivity contribution in [2.45, 2.75) is 19.4 Å². The molecule has 2 rings (SSSR count). The number of anilines is 1. The van der Waals surface area contributed by atoms with Gasteiger partial charge in [0.2, 0.25) is 5.91 Å². The Morgan fingerprint density at radius 2 is 2.19 bits per heavy atom. The van der Waals surface area contributed by atoms with Crippen molar-refractivity contribution in [2.24, 2.45) is 11.7 Å². The van der Waals surface area contributed by atoms with E-state index in [0.29, 0.717) is 19.0 Å². The Labute approximate surface area is 126 Å². The van der Waals surface area contributed by atoms with E-state index >= 15 is 0 Å². The number of nitrogens with two attached hydrogens (primary N) is 1. The number of carbonyl (C=O) groups excluding carboxylic acids is 1. The Kier molecular flexibility index (Phi) is 6.17. The van der Waals surface area contributed by atoms with Gasteiger partial charge in [-0.05, 0) is 49.5 Å². The first-order valence-corrected chi connectivity index (χ1v) is 7.51. The number of ether oxygens (including phenoxy) is 1. The second-order valence-electron chi connectivity index (χ2n) is 5.63. The molecule has 116 valence electrons. The van der Waals surface area contributed by atoms with Crippen LogP contribution in [0.25, 0.3) is 0 Å². The maximum absolute atomic E-state index is 12.1. The van der Waals surface area contributed by atoms with E-state index in [9.17, 15) is 4.79 Å². The van der Waals surface area contributed by atoms with Crippen molar-refractivity contribution in [3.63, 3.8) is 0 Å². The molecule has 0 unspecified atom stereocenters. The van der Waals surface area contributed by atoms with Gasteiger partial charge in [-0.3, -0.25) is 9.69 Å². The summed E-state index contributed by atoms with van der Waals surface area (Å²) in [5.41, 5.74) is 7.44. The Bertz CT molecular complexity index is 457. The van der Waals surface area contributed by atoms with Crippen LogP contribution in [0.2, 0.25) is 0 Å². The van der Waals surface area contributed by atoms with E-state index in [2.05, 4.69) is 10.2 Å². The lowest BCUT2D eigenvalue weighted by atomic mass is 9.98. The van der Waals surface area contributed by atoms with Gasteiger partial charge in [0.1, 0.15) is 0 Å². The van der Waals surface area contributed by atoms with Crippen molar-refractivity contribution in [1.82, 2.24) is 4.90 Å². The standard InChI is InChI=1S/C16H25N3O2/c1-21-12-13-5-7-19(8-6-13)11-16(20)18-15-4-2-3-14(9-15)10-17/h2-4,9,13H,5-8,10-12,17H2,1H3,(H,18,20). The minimum absolute atomic E-state index is 0.0364. The maximum atomic E-state index is 12.1. The van der Waals surface area contributed by atoms with Crippen LogP contribution in [0.1, 0.15) is 18.4 Å². The number of likely N-dealkylation sites (tertiary alicyclic amines) is 1. The molecule has 0 saturated carbocycles. The van der Waals surface area contributed by atoms with Crippen LogP contribution in [0.5, 0.6) is 0 Å². The number of rotatable bonds is 6. The fourth-order valence-corrected chi connectivity index (χ4v) is 2.73. The SMILES string of the molecule is COCC1CCN(CC(=O)Nc2cccc(CN)c2)CC1. The molecule has 5 heteroatoms. The summed E-state index contributed by atoms with van der Waals surface area (Å²) in [4.78, 5) is 14.3. The average molecular weight is 291 g/mol. The predicted octanol–water partition coefficient (Wildman–Crippen LogP) is 1.44. The van der Waals surface area contributed by atoms with Crippen LogP contribution in [0, 0.1) is 5.92 Å².